The first-order valence-corrected chi connectivity index (χ1v) is 9.07. The molecule has 3 aromatic rings. The third-order valence-corrected chi connectivity index (χ3v) is 5.27. The van der Waals surface area contributed by atoms with Crippen LogP contribution in [0.2, 0.25) is 0 Å². The second-order valence-corrected chi connectivity index (χ2v) is 7.35. The molecule has 0 saturated heterocycles. The van der Waals surface area contributed by atoms with Gasteiger partial charge in [0.25, 0.3) is 0 Å². The van der Waals surface area contributed by atoms with Gasteiger partial charge in [0.2, 0.25) is 5.91 Å². The summed E-state index contributed by atoms with van der Waals surface area (Å²) < 4.78 is 13.8. The van der Waals surface area contributed by atoms with Gasteiger partial charge in [0.05, 0.1) is 10.7 Å². The van der Waals surface area contributed by atoms with Crippen LogP contribution in [0.5, 0.6) is 0 Å². The lowest BCUT2D eigenvalue weighted by molar-refractivity contribution is -0.117. The number of nitrogens with zero attached hydrogens (tertiary/aromatic N) is 1. The van der Waals surface area contributed by atoms with Crippen LogP contribution in [0.3, 0.4) is 0 Å². The summed E-state index contributed by atoms with van der Waals surface area (Å²) >= 11 is 1.61. The van der Waals surface area contributed by atoms with Gasteiger partial charge < -0.3 is 5.32 Å². The second-order valence-electron chi connectivity index (χ2n) is 6.29. The van der Waals surface area contributed by atoms with Crippen molar-refractivity contribution in [2.24, 2.45) is 5.92 Å². The summed E-state index contributed by atoms with van der Waals surface area (Å²) in [5.74, 6) is -0.451. The molecule has 0 radical (unpaired) electrons. The van der Waals surface area contributed by atoms with Crippen LogP contribution < -0.4 is 5.32 Å². The predicted octanol–water partition coefficient (Wildman–Crippen LogP) is 5.00. The SMILES string of the molecule is Cc1nc(-c2ccc(NC(=O)C3CC3c3ccccc3F)cc2)cs1. The Kier molecular flexibility index (Phi) is 4.09. The molecule has 1 aliphatic carbocycles. The van der Waals surface area contributed by atoms with Crippen molar-refractivity contribution in [2.75, 3.05) is 5.32 Å². The molecule has 2 unspecified atom stereocenters. The summed E-state index contributed by atoms with van der Waals surface area (Å²) in [4.78, 5) is 16.8. The molecule has 1 aliphatic rings. The summed E-state index contributed by atoms with van der Waals surface area (Å²) in [5.41, 5.74) is 3.36. The first kappa shape index (κ1) is 16.0. The van der Waals surface area contributed by atoms with E-state index in [1.807, 2.05) is 42.6 Å². The molecular formula is C20H17FN2OS. The molecule has 1 amide bonds. The number of halogens is 1. The monoisotopic (exact) mass is 352 g/mol. The molecule has 25 heavy (non-hydrogen) atoms. The van der Waals surface area contributed by atoms with Crippen molar-refractivity contribution < 1.29 is 9.18 Å². The number of amides is 1. The van der Waals surface area contributed by atoms with Gasteiger partial charge in [0, 0.05) is 22.5 Å². The Morgan fingerprint density at radius 1 is 1.20 bits per heavy atom. The summed E-state index contributed by atoms with van der Waals surface area (Å²) in [7, 11) is 0. The van der Waals surface area contributed by atoms with Crippen molar-refractivity contribution in [2.45, 2.75) is 19.3 Å². The van der Waals surface area contributed by atoms with E-state index in [2.05, 4.69) is 10.3 Å². The van der Waals surface area contributed by atoms with Crippen molar-refractivity contribution in [3.05, 3.63) is 70.3 Å². The van der Waals surface area contributed by atoms with E-state index in [4.69, 9.17) is 0 Å². The molecule has 1 fully saturated rings. The van der Waals surface area contributed by atoms with Crippen LogP contribution in [0.1, 0.15) is 22.9 Å². The fraction of sp³-hybridized carbons (Fsp3) is 0.200. The zero-order chi connectivity index (χ0) is 17.4. The summed E-state index contributed by atoms with van der Waals surface area (Å²) in [6.07, 6.45) is 0.697. The maximum Gasteiger partial charge on any atom is 0.228 e. The average molecular weight is 352 g/mol. The fourth-order valence-corrected chi connectivity index (χ4v) is 3.68. The molecule has 3 nitrogen and oxygen atoms in total. The number of carbonyl (C=O) groups excluding carboxylic acids is 1. The predicted molar refractivity (Wildman–Crippen MR) is 98.2 cm³/mol. The second kappa shape index (κ2) is 6.41. The third kappa shape index (κ3) is 3.33. The topological polar surface area (TPSA) is 42.0 Å². The number of carbonyl (C=O) groups is 1. The number of nitrogens with one attached hydrogen (secondary N) is 1. The molecule has 0 spiro atoms. The Labute approximate surface area is 149 Å². The molecule has 1 N–H and O–H groups in total. The number of thiazole rings is 1. The van der Waals surface area contributed by atoms with E-state index in [0.717, 1.165) is 22.0 Å². The van der Waals surface area contributed by atoms with Gasteiger partial charge in [-0.25, -0.2) is 9.37 Å². The van der Waals surface area contributed by atoms with Gasteiger partial charge in [0.1, 0.15) is 5.82 Å². The standard InChI is InChI=1S/C20H17FN2OS/c1-12-22-19(11-25-12)13-6-8-14(9-7-13)23-20(24)17-10-16(17)15-4-2-3-5-18(15)21/h2-9,11,16-17H,10H2,1H3,(H,23,24). The van der Waals surface area contributed by atoms with Crippen molar-refractivity contribution in [3.63, 3.8) is 0 Å². The minimum absolute atomic E-state index is 0.0153. The highest BCUT2D eigenvalue weighted by Gasteiger charge is 2.45. The first-order valence-electron chi connectivity index (χ1n) is 8.19. The van der Waals surface area contributed by atoms with E-state index in [9.17, 15) is 9.18 Å². The van der Waals surface area contributed by atoms with E-state index in [0.29, 0.717) is 12.0 Å². The van der Waals surface area contributed by atoms with Gasteiger partial charge >= 0.3 is 0 Å². The van der Waals surface area contributed by atoms with Crippen LogP contribution in [0, 0.1) is 18.7 Å². The summed E-state index contributed by atoms with van der Waals surface area (Å²) in [6.45, 7) is 1.98. The molecule has 2 atom stereocenters. The number of rotatable bonds is 4. The van der Waals surface area contributed by atoms with Crippen LogP contribution >= 0.6 is 11.3 Å². The Hall–Kier alpha value is -2.53. The van der Waals surface area contributed by atoms with Gasteiger partial charge in [-0.05, 0) is 43.0 Å². The van der Waals surface area contributed by atoms with Gasteiger partial charge in [-0.1, -0.05) is 30.3 Å². The highest BCUT2D eigenvalue weighted by Crippen LogP contribution is 2.48. The molecule has 0 aliphatic heterocycles. The summed E-state index contributed by atoms with van der Waals surface area (Å²) in [5, 5.41) is 5.98. The molecule has 1 aromatic heterocycles. The average Bonchev–Trinajstić information content (AvgIpc) is 3.30. The Balaban J connectivity index is 1.41. The Bertz CT molecular complexity index is 919. The lowest BCUT2D eigenvalue weighted by Gasteiger charge is -2.06. The van der Waals surface area contributed by atoms with Crippen LogP contribution in [0.15, 0.2) is 53.9 Å². The molecule has 1 saturated carbocycles. The van der Waals surface area contributed by atoms with Crippen molar-refractivity contribution in [3.8, 4) is 11.3 Å². The highest BCUT2D eigenvalue weighted by molar-refractivity contribution is 7.09. The Morgan fingerprint density at radius 2 is 1.96 bits per heavy atom. The molecule has 4 rings (SSSR count). The summed E-state index contributed by atoms with van der Waals surface area (Å²) in [6, 6.07) is 14.3. The third-order valence-electron chi connectivity index (χ3n) is 4.50. The van der Waals surface area contributed by atoms with E-state index >= 15 is 0 Å². The molecule has 0 bridgehead atoms. The van der Waals surface area contributed by atoms with Crippen molar-refractivity contribution >= 4 is 22.9 Å². The number of aryl methyl sites for hydroxylation is 1. The number of anilines is 1. The zero-order valence-electron chi connectivity index (χ0n) is 13.7. The number of hydrogen-bond donors (Lipinski definition) is 1. The van der Waals surface area contributed by atoms with Crippen LogP contribution in [0.4, 0.5) is 10.1 Å². The molecule has 126 valence electrons. The minimum Gasteiger partial charge on any atom is -0.326 e. The minimum atomic E-state index is -0.231. The maximum absolute atomic E-state index is 13.8. The largest absolute Gasteiger partial charge is 0.326 e. The van der Waals surface area contributed by atoms with Crippen LogP contribution in [0.25, 0.3) is 11.3 Å². The number of hydrogen-bond acceptors (Lipinski definition) is 3. The zero-order valence-corrected chi connectivity index (χ0v) is 14.5. The quantitative estimate of drug-likeness (QED) is 0.718. The number of aromatic nitrogens is 1. The van der Waals surface area contributed by atoms with Gasteiger partial charge in [-0.2, -0.15) is 0 Å². The molecule has 1 heterocycles. The fourth-order valence-electron chi connectivity index (χ4n) is 3.06. The molecule has 2 aromatic carbocycles. The van der Waals surface area contributed by atoms with Gasteiger partial charge in [0.15, 0.2) is 0 Å². The Morgan fingerprint density at radius 3 is 2.64 bits per heavy atom. The van der Waals surface area contributed by atoms with Crippen LogP contribution in [-0.2, 0) is 4.79 Å². The van der Waals surface area contributed by atoms with E-state index < -0.39 is 0 Å². The van der Waals surface area contributed by atoms with E-state index in [1.54, 1.807) is 23.5 Å². The van der Waals surface area contributed by atoms with Crippen LogP contribution in [-0.4, -0.2) is 10.9 Å². The van der Waals surface area contributed by atoms with Crippen molar-refractivity contribution in [1.82, 2.24) is 4.98 Å². The highest BCUT2D eigenvalue weighted by atomic mass is 32.1. The molecular weight excluding hydrogens is 335 g/mol. The molecule has 5 heteroatoms. The first-order chi connectivity index (χ1) is 12.1. The smallest absolute Gasteiger partial charge is 0.228 e. The van der Waals surface area contributed by atoms with Crippen molar-refractivity contribution in [1.29, 1.82) is 0 Å². The normalized spacial score (nSPS) is 18.8. The maximum atomic E-state index is 13.8. The van der Waals surface area contributed by atoms with Gasteiger partial charge in [-0.15, -0.1) is 11.3 Å². The van der Waals surface area contributed by atoms with E-state index in [1.165, 1.54) is 6.07 Å². The lowest BCUT2D eigenvalue weighted by Crippen LogP contribution is -2.14. The lowest BCUT2D eigenvalue weighted by atomic mass is 10.1. The number of benzene rings is 2. The van der Waals surface area contributed by atoms with Gasteiger partial charge in [-0.3, -0.25) is 4.79 Å². The van der Waals surface area contributed by atoms with E-state index in [-0.39, 0.29) is 23.6 Å².